The summed E-state index contributed by atoms with van der Waals surface area (Å²) >= 11 is 7.15. The van der Waals surface area contributed by atoms with Crippen molar-refractivity contribution in [3.8, 4) is 0 Å². The van der Waals surface area contributed by atoms with Crippen molar-refractivity contribution in [2.75, 3.05) is 7.05 Å². The van der Waals surface area contributed by atoms with Crippen LogP contribution in [-0.4, -0.2) is 7.05 Å². The van der Waals surface area contributed by atoms with Gasteiger partial charge in [0.1, 0.15) is 0 Å². The van der Waals surface area contributed by atoms with E-state index >= 15 is 0 Å². The maximum absolute atomic E-state index is 5.49. The Kier molecular flexibility index (Phi) is 4.26. The highest BCUT2D eigenvalue weighted by Gasteiger charge is 2.18. The number of hydrogen-bond donors (Lipinski definition) is 1. The second kappa shape index (κ2) is 5.98. The van der Waals surface area contributed by atoms with Crippen LogP contribution in [0.5, 0.6) is 0 Å². The lowest BCUT2D eigenvalue weighted by molar-refractivity contribution is 0.134. The molecule has 4 heteroatoms. The molecule has 2 aromatic carbocycles. The van der Waals surface area contributed by atoms with Gasteiger partial charge >= 0.3 is 0 Å². The van der Waals surface area contributed by atoms with Crippen LogP contribution < -0.4 is 5.32 Å². The van der Waals surface area contributed by atoms with Crippen LogP contribution in [0.2, 0.25) is 0 Å². The highest BCUT2D eigenvalue weighted by Crippen LogP contribution is 2.32. The van der Waals surface area contributed by atoms with E-state index in [0.29, 0.717) is 0 Å². The van der Waals surface area contributed by atoms with Crippen molar-refractivity contribution in [2.45, 2.75) is 19.3 Å². The second-order valence-electron chi connectivity index (χ2n) is 4.91. The van der Waals surface area contributed by atoms with Gasteiger partial charge in [0.25, 0.3) is 0 Å². The largest absolute Gasteiger partial charge is 0.372 e. The predicted molar refractivity (Wildman–Crippen MR) is 87.7 cm³/mol. The quantitative estimate of drug-likeness (QED) is 0.821. The minimum Gasteiger partial charge on any atom is -0.372 e. The lowest BCUT2D eigenvalue weighted by Gasteiger charge is -2.19. The lowest BCUT2D eigenvalue weighted by atomic mass is 9.96. The fraction of sp³-hybridized carbons (Fsp3) is 0.250. The Morgan fingerprint density at radius 3 is 2.60 bits per heavy atom. The molecule has 1 heterocycles. The van der Waals surface area contributed by atoms with Gasteiger partial charge in [-0.2, -0.15) is 0 Å². The molecule has 3 rings (SSSR count). The van der Waals surface area contributed by atoms with Gasteiger partial charge in [0.2, 0.25) is 0 Å². The Labute approximate surface area is 135 Å². The molecule has 0 aliphatic carbocycles. The lowest BCUT2D eigenvalue weighted by Crippen LogP contribution is -2.18. The number of nitrogens with one attached hydrogen (secondary N) is 1. The minimum atomic E-state index is 0.170. The molecule has 1 aliphatic rings. The first-order valence-electron chi connectivity index (χ1n) is 6.50. The molecular weight excluding hydrogens is 382 g/mol. The van der Waals surface area contributed by atoms with Gasteiger partial charge in [-0.25, -0.2) is 0 Å². The average Bonchev–Trinajstić information content (AvgIpc) is 2.89. The standard InChI is InChI=1S/C16H15Br2NO/c1-19-16(14-5-4-13(17)7-15(14)18)10-2-3-11-8-20-9-12(11)6-10/h2-7,16,19H,8-9H2,1H3. The van der Waals surface area contributed by atoms with Gasteiger partial charge in [-0.1, -0.05) is 56.1 Å². The average molecular weight is 397 g/mol. The maximum Gasteiger partial charge on any atom is 0.0725 e. The van der Waals surface area contributed by atoms with E-state index in [9.17, 15) is 0 Å². The van der Waals surface area contributed by atoms with Crippen LogP contribution in [0.25, 0.3) is 0 Å². The first-order chi connectivity index (χ1) is 9.69. The number of hydrogen-bond acceptors (Lipinski definition) is 2. The van der Waals surface area contributed by atoms with Crippen LogP contribution in [0.15, 0.2) is 45.3 Å². The van der Waals surface area contributed by atoms with E-state index in [1.54, 1.807) is 0 Å². The SMILES string of the molecule is CNC(c1ccc2c(c1)COC2)c1ccc(Br)cc1Br. The van der Waals surface area contributed by atoms with Crippen LogP contribution in [0, 0.1) is 0 Å². The molecule has 2 aromatic rings. The van der Waals surface area contributed by atoms with Crippen molar-refractivity contribution in [1.82, 2.24) is 5.32 Å². The normalized spacial score (nSPS) is 15.2. The fourth-order valence-electron chi connectivity index (χ4n) is 2.61. The van der Waals surface area contributed by atoms with Crippen LogP contribution >= 0.6 is 31.9 Å². The van der Waals surface area contributed by atoms with Crippen LogP contribution in [0.1, 0.15) is 28.3 Å². The predicted octanol–water partition coefficient (Wildman–Crippen LogP) is 4.55. The number of ether oxygens (including phenoxy) is 1. The van der Waals surface area contributed by atoms with Gasteiger partial charge in [-0.15, -0.1) is 0 Å². The third kappa shape index (κ3) is 2.70. The summed E-state index contributed by atoms with van der Waals surface area (Å²) in [6.45, 7) is 1.46. The van der Waals surface area contributed by atoms with E-state index < -0.39 is 0 Å². The van der Waals surface area contributed by atoms with Crippen molar-refractivity contribution in [3.05, 3.63) is 67.6 Å². The number of benzene rings is 2. The summed E-state index contributed by atoms with van der Waals surface area (Å²) in [4.78, 5) is 0. The van der Waals surface area contributed by atoms with Gasteiger partial charge in [0.15, 0.2) is 0 Å². The minimum absolute atomic E-state index is 0.170. The van der Waals surface area contributed by atoms with Gasteiger partial charge < -0.3 is 10.1 Å². The topological polar surface area (TPSA) is 21.3 Å². The summed E-state index contributed by atoms with van der Waals surface area (Å²) in [6, 6.07) is 13.1. The molecule has 20 heavy (non-hydrogen) atoms. The molecule has 1 atom stereocenters. The Morgan fingerprint density at radius 2 is 1.85 bits per heavy atom. The van der Waals surface area contributed by atoms with Crippen molar-refractivity contribution in [2.24, 2.45) is 0 Å². The molecule has 104 valence electrons. The van der Waals surface area contributed by atoms with Crippen molar-refractivity contribution >= 4 is 31.9 Å². The molecular formula is C16H15Br2NO. The van der Waals surface area contributed by atoms with E-state index in [1.807, 2.05) is 7.05 Å². The zero-order valence-corrected chi connectivity index (χ0v) is 14.3. The maximum atomic E-state index is 5.49. The molecule has 1 aliphatic heterocycles. The summed E-state index contributed by atoms with van der Waals surface area (Å²) in [6.07, 6.45) is 0. The molecule has 1 N–H and O–H groups in total. The number of fused-ring (bicyclic) bond motifs is 1. The van der Waals surface area contributed by atoms with Crippen LogP contribution in [-0.2, 0) is 18.0 Å². The molecule has 2 nitrogen and oxygen atoms in total. The summed E-state index contributed by atoms with van der Waals surface area (Å²) < 4.78 is 7.67. The smallest absolute Gasteiger partial charge is 0.0725 e. The van der Waals surface area contributed by atoms with Crippen molar-refractivity contribution in [3.63, 3.8) is 0 Å². The van der Waals surface area contributed by atoms with E-state index in [1.165, 1.54) is 22.3 Å². The molecule has 0 saturated heterocycles. The van der Waals surface area contributed by atoms with E-state index in [2.05, 4.69) is 73.6 Å². The molecule has 0 radical (unpaired) electrons. The zero-order valence-electron chi connectivity index (χ0n) is 11.1. The van der Waals surface area contributed by atoms with Crippen molar-refractivity contribution in [1.29, 1.82) is 0 Å². The van der Waals surface area contributed by atoms with E-state index in [4.69, 9.17) is 4.74 Å². The Hall–Kier alpha value is -0.680. The number of halogens is 2. The molecule has 0 bridgehead atoms. The Bertz CT molecular complexity index is 642. The summed E-state index contributed by atoms with van der Waals surface area (Å²) in [5.74, 6) is 0. The van der Waals surface area contributed by atoms with Gasteiger partial charge in [-0.05, 0) is 41.4 Å². The van der Waals surface area contributed by atoms with Gasteiger partial charge in [0, 0.05) is 8.95 Å². The second-order valence-corrected chi connectivity index (χ2v) is 6.68. The summed E-state index contributed by atoms with van der Waals surface area (Å²) in [5.41, 5.74) is 5.10. The molecule has 0 amide bonds. The zero-order chi connectivity index (χ0) is 14.1. The highest BCUT2D eigenvalue weighted by atomic mass is 79.9. The van der Waals surface area contributed by atoms with E-state index in [0.717, 1.165) is 22.2 Å². The molecule has 1 unspecified atom stereocenters. The summed E-state index contributed by atoms with van der Waals surface area (Å²) in [7, 11) is 1.99. The molecule has 0 spiro atoms. The third-order valence-electron chi connectivity index (χ3n) is 3.64. The third-order valence-corrected chi connectivity index (χ3v) is 4.82. The van der Waals surface area contributed by atoms with E-state index in [-0.39, 0.29) is 6.04 Å². The van der Waals surface area contributed by atoms with Gasteiger partial charge in [0.05, 0.1) is 19.3 Å². The molecule has 0 aromatic heterocycles. The fourth-order valence-corrected chi connectivity index (χ4v) is 3.88. The first-order valence-corrected chi connectivity index (χ1v) is 8.09. The van der Waals surface area contributed by atoms with Crippen LogP contribution in [0.3, 0.4) is 0 Å². The Balaban J connectivity index is 2.01. The first kappa shape index (κ1) is 14.3. The molecule has 0 fully saturated rings. The van der Waals surface area contributed by atoms with Crippen LogP contribution in [0.4, 0.5) is 0 Å². The summed E-state index contributed by atoms with van der Waals surface area (Å²) in [5, 5.41) is 3.40. The van der Waals surface area contributed by atoms with Crippen molar-refractivity contribution < 1.29 is 4.74 Å². The van der Waals surface area contributed by atoms with Gasteiger partial charge in [-0.3, -0.25) is 0 Å². The highest BCUT2D eigenvalue weighted by molar-refractivity contribution is 9.11. The number of rotatable bonds is 3. The molecule has 0 saturated carbocycles. The monoisotopic (exact) mass is 395 g/mol. The Morgan fingerprint density at radius 1 is 1.05 bits per heavy atom.